The lowest BCUT2D eigenvalue weighted by Crippen LogP contribution is -2.48. The van der Waals surface area contributed by atoms with Crippen LogP contribution in [0.4, 0.5) is 0 Å². The van der Waals surface area contributed by atoms with Gasteiger partial charge in [0.05, 0.1) is 29.6 Å². The molecule has 0 spiro atoms. The number of carbonyl (C=O) groups is 2. The van der Waals surface area contributed by atoms with Crippen LogP contribution in [-0.2, 0) is 10.1 Å². The Morgan fingerprint density at radius 2 is 0.935 bits per heavy atom. The van der Waals surface area contributed by atoms with Crippen LogP contribution in [-0.4, -0.2) is 49.3 Å². The van der Waals surface area contributed by atoms with Gasteiger partial charge >= 0.3 is 11.9 Å². The van der Waals surface area contributed by atoms with Gasteiger partial charge in [-0.05, 0) is 91.9 Å². The highest BCUT2D eigenvalue weighted by Crippen LogP contribution is 2.43. The van der Waals surface area contributed by atoms with Gasteiger partial charge in [-0.25, -0.2) is 9.59 Å². The van der Waals surface area contributed by atoms with Gasteiger partial charge in [0.25, 0.3) is 11.4 Å². The summed E-state index contributed by atoms with van der Waals surface area (Å²) in [5.74, 6) is -1.87. The number of pyridine rings is 2. The van der Waals surface area contributed by atoms with Crippen LogP contribution in [0.3, 0.4) is 0 Å². The molecule has 5 aromatic carbocycles. The molecule has 0 radical (unpaired) electrons. The minimum Gasteiger partial charge on any atom is -0.871 e. The Bertz CT molecular complexity index is 2250. The molecule has 0 aliphatic carbocycles. The van der Waals surface area contributed by atoms with Crippen molar-refractivity contribution >= 4 is 19.3 Å². The van der Waals surface area contributed by atoms with E-state index in [0.717, 1.165) is 28.9 Å². The van der Waals surface area contributed by atoms with Crippen molar-refractivity contribution in [3.63, 3.8) is 0 Å². The molecular weight excluding hydrogens is 783 g/mol. The molecule has 2 aromatic heterocycles. The fourth-order valence-electron chi connectivity index (χ4n) is 7.05. The first-order valence-electron chi connectivity index (χ1n) is 20.2. The van der Waals surface area contributed by atoms with Crippen LogP contribution in [0.1, 0.15) is 64.1 Å². The Kier molecular flexibility index (Phi) is 17.5. The van der Waals surface area contributed by atoms with Gasteiger partial charge in [-0.1, -0.05) is 103 Å². The normalized spacial score (nSPS) is 10.6. The molecule has 2 N–H and O–H groups in total. The second-order valence-corrected chi connectivity index (χ2v) is 13.7. The maximum absolute atomic E-state index is 11.0. The van der Waals surface area contributed by atoms with Gasteiger partial charge in [0.15, 0.2) is 13.2 Å². The minimum absolute atomic E-state index is 0.159. The fraction of sp³-hybridized carbons (Fsp3) is 0.160. The van der Waals surface area contributed by atoms with Crippen molar-refractivity contribution in [2.45, 2.75) is 32.1 Å². The van der Waals surface area contributed by atoms with E-state index >= 15 is 0 Å². The zero-order valence-corrected chi connectivity index (χ0v) is 34.7. The van der Waals surface area contributed by atoms with Crippen molar-refractivity contribution in [1.82, 2.24) is 0 Å². The van der Waals surface area contributed by atoms with E-state index in [1.165, 1.54) is 16.7 Å². The molecule has 0 amide bonds. The predicted octanol–water partition coefficient (Wildman–Crippen LogP) is 6.10. The summed E-state index contributed by atoms with van der Waals surface area (Å²) < 4.78 is 8.01. The molecule has 0 saturated heterocycles. The van der Waals surface area contributed by atoms with Crippen molar-refractivity contribution in [3.05, 3.63) is 216 Å². The zero-order valence-electron chi connectivity index (χ0n) is 34.7. The molecule has 0 atom stereocenters. The second kappa shape index (κ2) is 23.6. The van der Waals surface area contributed by atoms with Crippen LogP contribution < -0.4 is 29.2 Å². The van der Waals surface area contributed by atoms with Gasteiger partial charge in [-0.15, -0.1) is 0 Å². The second-order valence-electron chi connectivity index (χ2n) is 13.7. The number of hydrogen-bond acceptors (Lipinski definition) is 7. The van der Waals surface area contributed by atoms with Crippen LogP contribution >= 0.6 is 0 Å². The van der Waals surface area contributed by atoms with Crippen molar-refractivity contribution < 1.29 is 53.6 Å². The number of carboxylic acid groups (broad SMARTS) is 2. The van der Waals surface area contributed by atoms with Crippen molar-refractivity contribution in [2.75, 3.05) is 19.8 Å². The molecule has 7 rings (SSSR count). The minimum atomic E-state index is -2.23. The Hall–Kier alpha value is -7.12. The topological polar surface area (TPSA) is 156 Å². The molecule has 2 heterocycles. The van der Waals surface area contributed by atoms with E-state index in [-0.39, 0.29) is 23.1 Å². The zero-order chi connectivity index (χ0) is 44.2. The molecule has 12 heteroatoms. The summed E-state index contributed by atoms with van der Waals surface area (Å²) in [6, 6.07) is 55.9. The summed E-state index contributed by atoms with van der Waals surface area (Å²) in [6.07, 6.45) is 4.94. The number of rotatable bonds is 16. The molecule has 0 unspecified atom stereocenters. The Morgan fingerprint density at radius 3 is 1.29 bits per heavy atom. The van der Waals surface area contributed by atoms with Crippen molar-refractivity contribution in [1.29, 1.82) is 0 Å². The first kappa shape index (κ1) is 46.0. The largest absolute Gasteiger partial charge is 0.871 e. The average molecular weight is 833 g/mol. The number of hydrogen-bond donors (Lipinski definition) is 2. The summed E-state index contributed by atoms with van der Waals surface area (Å²) in [5, 5.41) is 39.3. The monoisotopic (exact) mass is 832 g/mol. The molecular formula is C50H49BN2O9. The number of benzene rings is 5. The van der Waals surface area contributed by atoms with Gasteiger partial charge in [-0.3, -0.25) is 9.68 Å². The maximum Gasteiger partial charge on any atom is 0.335 e. The molecule has 0 bridgehead atoms. The number of aromatic carboxylic acids is 2. The van der Waals surface area contributed by atoms with E-state index in [9.17, 15) is 19.6 Å². The highest BCUT2D eigenvalue weighted by molar-refractivity contribution is 6.28. The van der Waals surface area contributed by atoms with Crippen molar-refractivity contribution in [3.8, 4) is 22.5 Å². The number of aromatic nitrogens is 2. The molecule has 62 heavy (non-hydrogen) atoms. The van der Waals surface area contributed by atoms with E-state index < -0.39 is 19.3 Å². The van der Waals surface area contributed by atoms with Crippen LogP contribution in [0.2, 0.25) is 0 Å². The van der Waals surface area contributed by atoms with Crippen LogP contribution in [0.5, 0.6) is 0 Å². The lowest BCUT2D eigenvalue weighted by Gasteiger charge is -2.37. The van der Waals surface area contributed by atoms with E-state index in [1.54, 1.807) is 58.3 Å². The van der Waals surface area contributed by atoms with Gasteiger partial charge in [-0.2, -0.15) is 0 Å². The Morgan fingerprint density at radius 1 is 0.548 bits per heavy atom. The summed E-state index contributed by atoms with van der Waals surface area (Å²) in [7, 11) is -2.23. The summed E-state index contributed by atoms with van der Waals surface area (Å²) in [4.78, 5) is 32.8. The SMILES string of the molecule is CCO[n+]1ccccc1-c1cccc(C(=O)O)c1.CCO[n+]1ccccc1-c1cccc(C(=O)O)c1.[O-]B([O-])OCCCC(c1ccccc1)(c1ccccc1)c1ccccc1. The third kappa shape index (κ3) is 12.5. The Labute approximate surface area is 362 Å². The fourth-order valence-corrected chi connectivity index (χ4v) is 7.05. The molecule has 0 saturated carbocycles. The van der Waals surface area contributed by atoms with Crippen molar-refractivity contribution in [2.24, 2.45) is 0 Å². The van der Waals surface area contributed by atoms with Gasteiger partial charge in [0.2, 0.25) is 12.4 Å². The quantitative estimate of drug-likeness (QED) is 0.0509. The predicted molar refractivity (Wildman–Crippen MR) is 232 cm³/mol. The van der Waals surface area contributed by atoms with Gasteiger partial charge < -0.3 is 24.9 Å². The molecule has 7 aromatic rings. The van der Waals surface area contributed by atoms with E-state index in [1.807, 2.05) is 117 Å². The van der Waals surface area contributed by atoms with Crippen LogP contribution in [0, 0.1) is 0 Å². The van der Waals surface area contributed by atoms with Crippen LogP contribution in [0.25, 0.3) is 22.5 Å². The maximum atomic E-state index is 11.0. The molecule has 11 nitrogen and oxygen atoms in total. The summed E-state index contributed by atoms with van der Waals surface area (Å²) in [6.45, 7) is 5.04. The highest BCUT2D eigenvalue weighted by Gasteiger charge is 2.35. The molecule has 0 fully saturated rings. The highest BCUT2D eigenvalue weighted by atomic mass is 16.7. The van der Waals surface area contributed by atoms with E-state index in [4.69, 9.17) is 24.5 Å². The van der Waals surface area contributed by atoms with E-state index in [2.05, 4.69) is 36.4 Å². The first-order valence-corrected chi connectivity index (χ1v) is 20.2. The third-order valence-electron chi connectivity index (χ3n) is 9.74. The third-order valence-corrected chi connectivity index (χ3v) is 9.74. The molecule has 316 valence electrons. The molecule has 0 aliphatic heterocycles. The number of nitrogens with zero attached hydrogens (tertiary/aromatic N) is 2. The Balaban J connectivity index is 0.000000181. The average Bonchev–Trinajstić information content (AvgIpc) is 3.31. The van der Waals surface area contributed by atoms with Crippen LogP contribution in [0.15, 0.2) is 188 Å². The van der Waals surface area contributed by atoms with E-state index in [0.29, 0.717) is 19.6 Å². The standard InChI is InChI=1S/C22H21BO3.2C14H13NO3/c24-23(25)26-18-10-17-22(19-11-4-1-5-12-19,20-13-6-2-7-14-20)21-15-8-3-9-16-21;2*1-2-18-15-9-4-3-8-13(15)11-6-5-7-12(10-11)14(16)17/h1-9,11-16H,10,17-18H2;2*3-10H,2H2,1H3/q-2;;/p+2. The smallest absolute Gasteiger partial charge is 0.335 e. The van der Waals surface area contributed by atoms with Gasteiger partial charge in [0.1, 0.15) is 0 Å². The lowest BCUT2D eigenvalue weighted by atomic mass is 9.67. The molecule has 0 aliphatic rings. The summed E-state index contributed by atoms with van der Waals surface area (Å²) in [5.41, 5.74) is 6.96. The summed E-state index contributed by atoms with van der Waals surface area (Å²) >= 11 is 0. The lowest BCUT2D eigenvalue weighted by molar-refractivity contribution is -0.882. The number of carboxylic acids is 2. The van der Waals surface area contributed by atoms with Gasteiger partial charge in [0, 0.05) is 45.7 Å². The first-order chi connectivity index (χ1) is 30.2.